The van der Waals surface area contributed by atoms with E-state index in [0.717, 1.165) is 11.1 Å². The predicted octanol–water partition coefficient (Wildman–Crippen LogP) is 5.09. The molecular formula is C28H28N2O3. The highest BCUT2D eigenvalue weighted by Crippen LogP contribution is 2.27. The molecule has 0 bridgehead atoms. The van der Waals surface area contributed by atoms with Crippen LogP contribution in [-0.2, 0) is 12.0 Å². The third kappa shape index (κ3) is 4.19. The van der Waals surface area contributed by atoms with Gasteiger partial charge < -0.3 is 0 Å². The molecule has 0 N–H and O–H groups in total. The van der Waals surface area contributed by atoms with Crippen LogP contribution in [-0.4, -0.2) is 14.9 Å². The number of ketones is 1. The Morgan fingerprint density at radius 1 is 0.848 bits per heavy atom. The van der Waals surface area contributed by atoms with Gasteiger partial charge in [-0.25, -0.2) is 9.36 Å². The van der Waals surface area contributed by atoms with Crippen LogP contribution in [0.25, 0.3) is 16.6 Å². The minimum absolute atomic E-state index is 0.0801. The third-order valence-electron chi connectivity index (χ3n) is 5.94. The molecule has 0 amide bonds. The molecule has 3 aromatic carbocycles. The van der Waals surface area contributed by atoms with Crippen molar-refractivity contribution in [2.24, 2.45) is 0 Å². The van der Waals surface area contributed by atoms with Gasteiger partial charge in [0.25, 0.3) is 5.56 Å². The number of para-hydroxylation sites is 2. The number of carbonyl (C=O) groups excluding carboxylic acids is 1. The SMILES string of the molecule is CCC(=O)c1ccc(Cn2c(=O)n(-c3ccccc3C(C)(C)C)c(=O)c3ccccc32)cc1. The van der Waals surface area contributed by atoms with Gasteiger partial charge in [0.15, 0.2) is 5.78 Å². The number of Topliss-reactive ketones (excluding diaryl/α,β-unsaturated/α-hetero) is 1. The highest BCUT2D eigenvalue weighted by atomic mass is 16.2. The summed E-state index contributed by atoms with van der Waals surface area (Å²) in [4.78, 5) is 39.3. The molecule has 0 spiro atoms. The third-order valence-corrected chi connectivity index (χ3v) is 5.94. The summed E-state index contributed by atoms with van der Waals surface area (Å²) in [6.45, 7) is 8.32. The van der Waals surface area contributed by atoms with Crippen molar-refractivity contribution in [2.75, 3.05) is 0 Å². The standard InChI is InChI=1S/C28H28N2O3/c1-5-25(31)20-16-14-19(15-17-20)18-29-23-12-8-6-10-21(23)26(32)30(27(29)33)24-13-9-7-11-22(24)28(2,3)4/h6-17H,5,18H2,1-4H3. The summed E-state index contributed by atoms with van der Waals surface area (Å²) in [5, 5.41) is 0.485. The number of rotatable bonds is 5. The lowest BCUT2D eigenvalue weighted by atomic mass is 9.85. The fourth-order valence-electron chi connectivity index (χ4n) is 4.17. The van der Waals surface area contributed by atoms with Crippen molar-refractivity contribution in [2.45, 2.75) is 46.1 Å². The van der Waals surface area contributed by atoms with Gasteiger partial charge in [-0.2, -0.15) is 0 Å². The van der Waals surface area contributed by atoms with E-state index >= 15 is 0 Å². The van der Waals surface area contributed by atoms with Gasteiger partial charge in [0.1, 0.15) is 0 Å². The summed E-state index contributed by atoms with van der Waals surface area (Å²) in [6, 6.07) is 22.1. The average Bonchev–Trinajstić information content (AvgIpc) is 2.81. The molecule has 168 valence electrons. The smallest absolute Gasteiger partial charge is 0.294 e. The van der Waals surface area contributed by atoms with Crippen LogP contribution in [0, 0.1) is 0 Å². The molecule has 0 radical (unpaired) electrons. The van der Waals surface area contributed by atoms with Gasteiger partial charge in [-0.15, -0.1) is 0 Å². The highest BCUT2D eigenvalue weighted by Gasteiger charge is 2.22. The minimum Gasteiger partial charge on any atom is -0.294 e. The minimum atomic E-state index is -0.385. The lowest BCUT2D eigenvalue weighted by Gasteiger charge is -2.24. The van der Waals surface area contributed by atoms with Crippen molar-refractivity contribution in [1.29, 1.82) is 0 Å². The lowest BCUT2D eigenvalue weighted by molar-refractivity contribution is 0.0988. The van der Waals surface area contributed by atoms with E-state index in [9.17, 15) is 14.4 Å². The van der Waals surface area contributed by atoms with Gasteiger partial charge in [0, 0.05) is 12.0 Å². The monoisotopic (exact) mass is 440 g/mol. The molecule has 0 atom stereocenters. The van der Waals surface area contributed by atoms with Crippen LogP contribution in [0.2, 0.25) is 0 Å². The number of benzene rings is 3. The van der Waals surface area contributed by atoms with E-state index in [0.29, 0.717) is 28.6 Å². The Hall–Kier alpha value is -3.73. The summed E-state index contributed by atoms with van der Waals surface area (Å²) in [7, 11) is 0. The molecular weight excluding hydrogens is 412 g/mol. The van der Waals surface area contributed by atoms with Crippen LogP contribution in [0.1, 0.15) is 55.6 Å². The van der Waals surface area contributed by atoms with Crippen molar-refractivity contribution >= 4 is 16.7 Å². The normalized spacial score (nSPS) is 11.6. The van der Waals surface area contributed by atoms with Crippen molar-refractivity contribution < 1.29 is 4.79 Å². The van der Waals surface area contributed by atoms with Crippen LogP contribution >= 0.6 is 0 Å². The maximum absolute atomic E-state index is 13.8. The second-order valence-corrected chi connectivity index (χ2v) is 9.27. The molecule has 0 aliphatic rings. The molecule has 0 aliphatic carbocycles. The van der Waals surface area contributed by atoms with Crippen molar-refractivity contribution in [3.8, 4) is 5.69 Å². The quantitative estimate of drug-likeness (QED) is 0.406. The first-order valence-electron chi connectivity index (χ1n) is 11.2. The van der Waals surface area contributed by atoms with Crippen molar-refractivity contribution in [1.82, 2.24) is 9.13 Å². The Morgan fingerprint density at radius 3 is 2.15 bits per heavy atom. The van der Waals surface area contributed by atoms with E-state index in [2.05, 4.69) is 20.8 Å². The topological polar surface area (TPSA) is 61.1 Å². The average molecular weight is 441 g/mol. The predicted molar refractivity (Wildman–Crippen MR) is 133 cm³/mol. The van der Waals surface area contributed by atoms with Crippen molar-refractivity contribution in [3.63, 3.8) is 0 Å². The molecule has 5 nitrogen and oxygen atoms in total. The summed E-state index contributed by atoms with van der Waals surface area (Å²) in [5.74, 6) is 0.0801. The van der Waals surface area contributed by atoms with Crippen LogP contribution in [0.5, 0.6) is 0 Å². The number of nitrogens with zero attached hydrogens (tertiary/aromatic N) is 2. The van der Waals surface area contributed by atoms with Crippen LogP contribution in [0.4, 0.5) is 0 Å². The van der Waals surface area contributed by atoms with Gasteiger partial charge in [0.05, 0.1) is 23.1 Å². The Morgan fingerprint density at radius 2 is 1.48 bits per heavy atom. The maximum Gasteiger partial charge on any atom is 0.336 e. The molecule has 1 aromatic heterocycles. The fourth-order valence-corrected chi connectivity index (χ4v) is 4.17. The van der Waals surface area contributed by atoms with E-state index in [1.54, 1.807) is 28.8 Å². The van der Waals surface area contributed by atoms with Gasteiger partial charge in [-0.3, -0.25) is 14.2 Å². The first kappa shape index (κ1) is 22.5. The number of carbonyl (C=O) groups is 1. The first-order valence-corrected chi connectivity index (χ1v) is 11.2. The Labute approximate surface area is 192 Å². The van der Waals surface area contributed by atoms with Crippen LogP contribution < -0.4 is 11.2 Å². The maximum atomic E-state index is 13.8. The van der Waals surface area contributed by atoms with Crippen LogP contribution in [0.3, 0.4) is 0 Å². The van der Waals surface area contributed by atoms with Gasteiger partial charge >= 0.3 is 5.69 Å². The van der Waals surface area contributed by atoms with E-state index in [-0.39, 0.29) is 29.0 Å². The number of fused-ring (bicyclic) bond motifs is 1. The number of aromatic nitrogens is 2. The first-order chi connectivity index (χ1) is 15.7. The van der Waals surface area contributed by atoms with Gasteiger partial charge in [0.2, 0.25) is 0 Å². The molecule has 1 heterocycles. The lowest BCUT2D eigenvalue weighted by Crippen LogP contribution is -2.40. The largest absolute Gasteiger partial charge is 0.336 e. The molecule has 0 fully saturated rings. The molecule has 0 aliphatic heterocycles. The molecule has 0 saturated heterocycles. The van der Waals surface area contributed by atoms with E-state index in [1.165, 1.54) is 4.57 Å². The number of hydrogen-bond acceptors (Lipinski definition) is 3. The second-order valence-electron chi connectivity index (χ2n) is 9.27. The fraction of sp³-hybridized carbons (Fsp3) is 0.250. The van der Waals surface area contributed by atoms with E-state index in [4.69, 9.17) is 0 Å². The second kappa shape index (κ2) is 8.66. The molecule has 33 heavy (non-hydrogen) atoms. The molecule has 4 rings (SSSR count). The summed E-state index contributed by atoms with van der Waals surface area (Å²) in [6.07, 6.45) is 0.446. The summed E-state index contributed by atoms with van der Waals surface area (Å²) in [5.41, 5.74) is 2.69. The van der Waals surface area contributed by atoms with Crippen molar-refractivity contribution in [3.05, 3.63) is 110 Å². The Kier molecular flexibility index (Phi) is 5.90. The zero-order valence-electron chi connectivity index (χ0n) is 19.5. The van der Waals surface area contributed by atoms with Gasteiger partial charge in [-0.05, 0) is 34.7 Å². The zero-order chi connectivity index (χ0) is 23.8. The zero-order valence-corrected chi connectivity index (χ0v) is 19.5. The Balaban J connectivity index is 1.95. The van der Waals surface area contributed by atoms with Crippen LogP contribution in [0.15, 0.2) is 82.4 Å². The Bertz CT molecular complexity index is 1450. The van der Waals surface area contributed by atoms with E-state index < -0.39 is 0 Å². The summed E-state index contributed by atoms with van der Waals surface area (Å²) < 4.78 is 2.92. The molecule has 0 unspecified atom stereocenters. The highest BCUT2D eigenvalue weighted by molar-refractivity contribution is 5.95. The number of hydrogen-bond donors (Lipinski definition) is 0. The molecule has 0 saturated carbocycles. The summed E-state index contributed by atoms with van der Waals surface area (Å²) >= 11 is 0. The molecule has 5 heteroatoms. The molecule has 4 aromatic rings. The van der Waals surface area contributed by atoms with Gasteiger partial charge in [-0.1, -0.05) is 82.3 Å². The van der Waals surface area contributed by atoms with E-state index in [1.807, 2.05) is 55.5 Å².